The quantitative estimate of drug-likeness (QED) is 0.795. The van der Waals surface area contributed by atoms with Crippen LogP contribution in [0.4, 0.5) is 10.1 Å². The van der Waals surface area contributed by atoms with Gasteiger partial charge in [-0.1, -0.05) is 12.1 Å². The summed E-state index contributed by atoms with van der Waals surface area (Å²) >= 11 is 0. The molecule has 5 heteroatoms. The first-order valence-corrected chi connectivity index (χ1v) is 6.41. The molecule has 0 atom stereocenters. The van der Waals surface area contributed by atoms with Crippen LogP contribution in [0, 0.1) is 12.7 Å². The van der Waals surface area contributed by atoms with Crippen LogP contribution in [0.3, 0.4) is 0 Å². The van der Waals surface area contributed by atoms with E-state index in [0.29, 0.717) is 6.54 Å². The van der Waals surface area contributed by atoms with Crippen molar-refractivity contribution in [3.8, 4) is 0 Å². The zero-order chi connectivity index (χ0) is 14.1. The number of aryl methyl sites for hydroxylation is 2. The van der Waals surface area contributed by atoms with E-state index in [1.54, 1.807) is 23.0 Å². The molecule has 3 rings (SSSR count). The smallest absolute Gasteiger partial charge is 0.157 e. The van der Waals surface area contributed by atoms with Crippen molar-refractivity contribution in [3.63, 3.8) is 0 Å². The molecular weight excluding hydrogens is 255 g/mol. The molecule has 0 amide bonds. The minimum Gasteiger partial charge on any atom is -0.380 e. The Balaban J connectivity index is 1.80. The molecule has 2 heterocycles. The number of pyridine rings is 1. The van der Waals surface area contributed by atoms with Crippen molar-refractivity contribution in [1.82, 2.24) is 14.8 Å². The molecule has 0 aliphatic rings. The molecule has 0 bridgehead atoms. The molecule has 0 saturated carbocycles. The van der Waals surface area contributed by atoms with Crippen LogP contribution in [-0.2, 0) is 13.6 Å². The largest absolute Gasteiger partial charge is 0.380 e. The molecule has 102 valence electrons. The predicted octanol–water partition coefficient (Wildman–Crippen LogP) is 3.03. The lowest BCUT2D eigenvalue weighted by Gasteiger charge is -2.06. The van der Waals surface area contributed by atoms with Gasteiger partial charge in [-0.15, -0.1) is 0 Å². The summed E-state index contributed by atoms with van der Waals surface area (Å²) in [4.78, 5) is 4.41. The average molecular weight is 270 g/mol. The van der Waals surface area contributed by atoms with Crippen molar-refractivity contribution in [2.24, 2.45) is 7.05 Å². The lowest BCUT2D eigenvalue weighted by molar-refractivity contribution is 0.627. The second-order valence-corrected chi connectivity index (χ2v) is 4.78. The number of nitrogens with zero attached hydrogens (tertiary/aromatic N) is 3. The van der Waals surface area contributed by atoms with Gasteiger partial charge in [-0.2, -0.15) is 5.10 Å². The van der Waals surface area contributed by atoms with Crippen molar-refractivity contribution in [1.29, 1.82) is 0 Å². The first-order valence-electron chi connectivity index (χ1n) is 6.41. The lowest BCUT2D eigenvalue weighted by atomic mass is 10.2. The minimum atomic E-state index is -0.220. The van der Waals surface area contributed by atoms with Crippen molar-refractivity contribution in [2.75, 3.05) is 5.32 Å². The number of rotatable bonds is 3. The molecule has 1 aromatic carbocycles. The third-order valence-corrected chi connectivity index (χ3v) is 3.27. The topological polar surface area (TPSA) is 42.7 Å². The number of nitrogens with one attached hydrogen (secondary N) is 1. The van der Waals surface area contributed by atoms with Gasteiger partial charge in [0, 0.05) is 19.0 Å². The van der Waals surface area contributed by atoms with E-state index < -0.39 is 0 Å². The SMILES string of the molecule is Cc1nn(C)c2ncc(NCc3ccc(F)cc3)cc12. The number of halogens is 1. The third kappa shape index (κ3) is 2.34. The molecule has 1 N–H and O–H groups in total. The summed E-state index contributed by atoms with van der Waals surface area (Å²) in [7, 11) is 1.88. The molecule has 4 nitrogen and oxygen atoms in total. The van der Waals surface area contributed by atoms with Gasteiger partial charge in [-0.3, -0.25) is 4.68 Å². The van der Waals surface area contributed by atoms with Crippen LogP contribution in [0.5, 0.6) is 0 Å². The van der Waals surface area contributed by atoms with Gasteiger partial charge in [-0.25, -0.2) is 9.37 Å². The molecule has 0 unspecified atom stereocenters. The fourth-order valence-corrected chi connectivity index (χ4v) is 2.21. The lowest BCUT2D eigenvalue weighted by Crippen LogP contribution is -2.00. The van der Waals surface area contributed by atoms with Gasteiger partial charge < -0.3 is 5.32 Å². The van der Waals surface area contributed by atoms with Crippen molar-refractivity contribution >= 4 is 16.7 Å². The van der Waals surface area contributed by atoms with E-state index in [-0.39, 0.29) is 5.82 Å². The van der Waals surface area contributed by atoms with E-state index in [0.717, 1.165) is 28.0 Å². The first kappa shape index (κ1) is 12.6. The van der Waals surface area contributed by atoms with E-state index in [2.05, 4.69) is 15.4 Å². The number of fused-ring (bicyclic) bond motifs is 1. The van der Waals surface area contributed by atoms with Crippen LogP contribution in [0.2, 0.25) is 0 Å². The van der Waals surface area contributed by atoms with Crippen LogP contribution in [0.15, 0.2) is 36.5 Å². The second kappa shape index (κ2) is 4.92. The Bertz CT molecular complexity index is 746. The molecule has 20 heavy (non-hydrogen) atoms. The summed E-state index contributed by atoms with van der Waals surface area (Å²) in [5, 5.41) is 8.67. The summed E-state index contributed by atoms with van der Waals surface area (Å²) in [6.45, 7) is 2.60. The number of hydrogen-bond acceptors (Lipinski definition) is 3. The minimum absolute atomic E-state index is 0.220. The van der Waals surface area contributed by atoms with Crippen LogP contribution < -0.4 is 5.32 Å². The first-order chi connectivity index (χ1) is 9.63. The Kier molecular flexibility index (Phi) is 3.10. The van der Waals surface area contributed by atoms with Crippen LogP contribution in [-0.4, -0.2) is 14.8 Å². The highest BCUT2D eigenvalue weighted by Gasteiger charge is 2.06. The van der Waals surface area contributed by atoms with E-state index in [9.17, 15) is 4.39 Å². The van der Waals surface area contributed by atoms with E-state index in [4.69, 9.17) is 0 Å². The molecule has 0 fully saturated rings. The molecule has 0 spiro atoms. The van der Waals surface area contributed by atoms with Crippen molar-refractivity contribution < 1.29 is 4.39 Å². The summed E-state index contributed by atoms with van der Waals surface area (Å²) in [5.74, 6) is -0.220. The van der Waals surface area contributed by atoms with Crippen LogP contribution in [0.25, 0.3) is 11.0 Å². The molecule has 0 saturated heterocycles. The maximum Gasteiger partial charge on any atom is 0.157 e. The Morgan fingerprint density at radius 2 is 2.00 bits per heavy atom. The van der Waals surface area contributed by atoms with Gasteiger partial charge in [-0.05, 0) is 30.7 Å². The predicted molar refractivity (Wildman–Crippen MR) is 77.0 cm³/mol. The average Bonchev–Trinajstić information content (AvgIpc) is 2.73. The molecule has 0 aliphatic carbocycles. The summed E-state index contributed by atoms with van der Waals surface area (Å²) in [6, 6.07) is 8.49. The third-order valence-electron chi connectivity index (χ3n) is 3.27. The molecule has 0 aliphatic heterocycles. The zero-order valence-electron chi connectivity index (χ0n) is 11.4. The van der Waals surface area contributed by atoms with Crippen molar-refractivity contribution in [2.45, 2.75) is 13.5 Å². The van der Waals surface area contributed by atoms with Gasteiger partial charge in [0.05, 0.1) is 17.6 Å². The fourth-order valence-electron chi connectivity index (χ4n) is 2.21. The standard InChI is InChI=1S/C15H15FN4/c1-10-14-7-13(9-18-15(14)20(2)19-10)17-8-11-3-5-12(16)6-4-11/h3-7,9,17H,8H2,1-2H3. The molecule has 0 radical (unpaired) electrons. The van der Waals surface area contributed by atoms with Crippen LogP contribution in [0.1, 0.15) is 11.3 Å². The maximum absolute atomic E-state index is 12.8. The molecule has 3 aromatic rings. The summed E-state index contributed by atoms with van der Waals surface area (Å²) in [6.07, 6.45) is 1.78. The van der Waals surface area contributed by atoms with E-state index >= 15 is 0 Å². The Morgan fingerprint density at radius 3 is 2.75 bits per heavy atom. The van der Waals surface area contributed by atoms with E-state index in [1.165, 1.54) is 12.1 Å². The number of benzene rings is 1. The monoisotopic (exact) mass is 270 g/mol. The molecular formula is C15H15FN4. The number of anilines is 1. The van der Waals surface area contributed by atoms with Gasteiger partial charge in [0.1, 0.15) is 5.82 Å². The zero-order valence-corrected chi connectivity index (χ0v) is 11.4. The van der Waals surface area contributed by atoms with Gasteiger partial charge in [0.2, 0.25) is 0 Å². The maximum atomic E-state index is 12.8. The Morgan fingerprint density at radius 1 is 1.25 bits per heavy atom. The highest BCUT2D eigenvalue weighted by molar-refractivity contribution is 5.81. The van der Waals surface area contributed by atoms with Gasteiger partial charge >= 0.3 is 0 Å². The fraction of sp³-hybridized carbons (Fsp3) is 0.200. The summed E-state index contributed by atoms with van der Waals surface area (Å²) in [5.41, 5.74) is 3.78. The Labute approximate surface area is 116 Å². The normalized spacial score (nSPS) is 10.9. The van der Waals surface area contributed by atoms with Gasteiger partial charge in [0.25, 0.3) is 0 Å². The highest BCUT2D eigenvalue weighted by Crippen LogP contribution is 2.19. The van der Waals surface area contributed by atoms with Crippen LogP contribution >= 0.6 is 0 Å². The summed E-state index contributed by atoms with van der Waals surface area (Å²) < 4.78 is 14.6. The molecule has 2 aromatic heterocycles. The van der Waals surface area contributed by atoms with Crippen molar-refractivity contribution in [3.05, 3.63) is 53.6 Å². The second-order valence-electron chi connectivity index (χ2n) is 4.78. The van der Waals surface area contributed by atoms with Gasteiger partial charge in [0.15, 0.2) is 5.65 Å². The van der Waals surface area contributed by atoms with E-state index in [1.807, 2.05) is 20.0 Å². The highest BCUT2D eigenvalue weighted by atomic mass is 19.1. The number of hydrogen-bond donors (Lipinski definition) is 1. The number of aromatic nitrogens is 3. The Hall–Kier alpha value is -2.43.